The van der Waals surface area contributed by atoms with E-state index in [9.17, 15) is 0 Å². The molecule has 3 heteroatoms. The Hall–Kier alpha value is -2.68. The number of nitrogens with zero attached hydrogens (tertiary/aromatic N) is 3. The van der Waals surface area contributed by atoms with E-state index in [1.807, 2.05) is 66.7 Å². The van der Waals surface area contributed by atoms with E-state index in [1.54, 1.807) is 0 Å². The van der Waals surface area contributed by atoms with Gasteiger partial charge in [-0.05, 0) is 24.3 Å². The average Bonchev–Trinajstić information content (AvgIpc) is 2.54. The van der Waals surface area contributed by atoms with Gasteiger partial charge in [0.15, 0.2) is 0 Å². The van der Waals surface area contributed by atoms with Crippen molar-refractivity contribution in [2.24, 2.45) is 10.2 Å². The quantitative estimate of drug-likeness (QED) is 0.500. The molecule has 2 rings (SSSR count). The molecule has 2 aromatic rings. The zero-order valence-corrected chi connectivity index (χ0v) is 12.0. The predicted molar refractivity (Wildman–Crippen MR) is 89.7 cm³/mol. The highest BCUT2D eigenvalue weighted by Gasteiger charge is 2.07. The van der Waals surface area contributed by atoms with Gasteiger partial charge >= 0.3 is 0 Å². The van der Waals surface area contributed by atoms with Crippen molar-refractivity contribution >= 4 is 17.1 Å². The molecule has 21 heavy (non-hydrogen) atoms. The normalized spacial score (nSPS) is 10.5. The van der Waals surface area contributed by atoms with Crippen LogP contribution in [0.3, 0.4) is 0 Å². The summed E-state index contributed by atoms with van der Waals surface area (Å²) in [5.41, 5.74) is 2.70. The molecule has 0 saturated heterocycles. The summed E-state index contributed by atoms with van der Waals surface area (Å²) < 4.78 is 0. The van der Waals surface area contributed by atoms with Crippen molar-refractivity contribution in [2.75, 3.05) is 18.0 Å². The van der Waals surface area contributed by atoms with Crippen LogP contribution in [0.4, 0.5) is 17.1 Å². The van der Waals surface area contributed by atoms with Crippen molar-refractivity contribution in [3.63, 3.8) is 0 Å². The monoisotopic (exact) mass is 277 g/mol. The standard InChI is InChI=1S/C18H19N3/c1-3-14-21(15-4-2)18-13-9-8-12-17(18)20-19-16-10-6-5-7-11-16/h3-13H,1-2,14-15H2. The molecule has 0 heterocycles. The molecule has 0 unspecified atom stereocenters. The van der Waals surface area contributed by atoms with Crippen LogP contribution in [0.5, 0.6) is 0 Å². The minimum Gasteiger partial charge on any atom is -0.362 e. The fourth-order valence-corrected chi connectivity index (χ4v) is 2.01. The van der Waals surface area contributed by atoms with Gasteiger partial charge in [-0.2, -0.15) is 5.11 Å². The molecule has 0 fully saturated rings. The lowest BCUT2D eigenvalue weighted by Crippen LogP contribution is -2.23. The van der Waals surface area contributed by atoms with Gasteiger partial charge in [-0.3, -0.25) is 0 Å². The minimum atomic E-state index is 0.740. The van der Waals surface area contributed by atoms with E-state index in [4.69, 9.17) is 0 Å². The Morgan fingerprint density at radius 2 is 1.43 bits per heavy atom. The molecule has 0 aliphatic heterocycles. The molecule has 0 aliphatic carbocycles. The van der Waals surface area contributed by atoms with Gasteiger partial charge in [0.25, 0.3) is 0 Å². The van der Waals surface area contributed by atoms with Crippen LogP contribution in [0.2, 0.25) is 0 Å². The first-order valence-electron chi connectivity index (χ1n) is 6.87. The van der Waals surface area contributed by atoms with Crippen molar-refractivity contribution < 1.29 is 0 Å². The molecule has 0 saturated carbocycles. The van der Waals surface area contributed by atoms with E-state index >= 15 is 0 Å². The maximum atomic E-state index is 4.38. The smallest absolute Gasteiger partial charge is 0.109 e. The van der Waals surface area contributed by atoms with Gasteiger partial charge in [-0.25, -0.2) is 0 Å². The summed E-state index contributed by atoms with van der Waals surface area (Å²) in [5.74, 6) is 0. The van der Waals surface area contributed by atoms with Gasteiger partial charge in [-0.1, -0.05) is 42.5 Å². The van der Waals surface area contributed by atoms with Crippen LogP contribution < -0.4 is 4.90 Å². The summed E-state index contributed by atoms with van der Waals surface area (Å²) in [6.45, 7) is 9.08. The van der Waals surface area contributed by atoms with Crippen LogP contribution in [0, 0.1) is 0 Å². The Kier molecular flexibility index (Phi) is 5.47. The molecule has 0 aliphatic rings. The van der Waals surface area contributed by atoms with Gasteiger partial charge in [0.05, 0.1) is 11.4 Å². The molecule has 106 valence electrons. The number of rotatable bonds is 7. The maximum absolute atomic E-state index is 4.38. The van der Waals surface area contributed by atoms with Crippen molar-refractivity contribution in [2.45, 2.75) is 0 Å². The molecule has 0 bridgehead atoms. The molecule has 0 atom stereocenters. The summed E-state index contributed by atoms with van der Waals surface area (Å²) >= 11 is 0. The van der Waals surface area contributed by atoms with E-state index in [2.05, 4.69) is 28.3 Å². The first kappa shape index (κ1) is 14.7. The predicted octanol–water partition coefficient (Wildman–Crippen LogP) is 5.28. The molecule has 0 aromatic heterocycles. The zero-order chi connectivity index (χ0) is 14.9. The van der Waals surface area contributed by atoms with E-state index in [1.165, 1.54) is 0 Å². The third kappa shape index (κ3) is 4.14. The van der Waals surface area contributed by atoms with E-state index in [-0.39, 0.29) is 0 Å². The second-order valence-electron chi connectivity index (χ2n) is 4.51. The van der Waals surface area contributed by atoms with Crippen molar-refractivity contribution in [3.05, 3.63) is 79.9 Å². The molecule has 0 amide bonds. The lowest BCUT2D eigenvalue weighted by Gasteiger charge is -2.22. The van der Waals surface area contributed by atoms with Crippen LogP contribution in [0.15, 0.2) is 90.1 Å². The fraction of sp³-hybridized carbons (Fsp3) is 0.111. The molecule has 2 aromatic carbocycles. The van der Waals surface area contributed by atoms with E-state index in [0.29, 0.717) is 0 Å². The van der Waals surface area contributed by atoms with Crippen LogP contribution in [0.25, 0.3) is 0 Å². The first-order chi connectivity index (χ1) is 10.3. The van der Waals surface area contributed by atoms with Crippen molar-refractivity contribution in [3.8, 4) is 0 Å². The van der Waals surface area contributed by atoms with Crippen LogP contribution in [0.1, 0.15) is 0 Å². The van der Waals surface area contributed by atoms with E-state index < -0.39 is 0 Å². The molecule has 3 nitrogen and oxygen atoms in total. The minimum absolute atomic E-state index is 0.740. The number of anilines is 1. The summed E-state index contributed by atoms with van der Waals surface area (Å²) in [5, 5.41) is 8.66. The number of benzene rings is 2. The average molecular weight is 277 g/mol. The summed E-state index contributed by atoms with van der Waals surface area (Å²) in [4.78, 5) is 2.15. The molecule has 0 radical (unpaired) electrons. The topological polar surface area (TPSA) is 28.0 Å². The lowest BCUT2D eigenvalue weighted by atomic mass is 10.2. The zero-order valence-electron chi connectivity index (χ0n) is 12.0. The van der Waals surface area contributed by atoms with Crippen molar-refractivity contribution in [1.82, 2.24) is 0 Å². The maximum Gasteiger partial charge on any atom is 0.109 e. The third-order valence-electron chi connectivity index (χ3n) is 2.95. The third-order valence-corrected chi connectivity index (χ3v) is 2.95. The number of azo groups is 1. The lowest BCUT2D eigenvalue weighted by molar-refractivity contribution is 0.953. The Bertz CT molecular complexity index is 607. The van der Waals surface area contributed by atoms with Gasteiger partial charge in [0, 0.05) is 13.1 Å². The summed E-state index contributed by atoms with van der Waals surface area (Å²) in [6.07, 6.45) is 3.74. The molecular weight excluding hydrogens is 258 g/mol. The number of hydrogen-bond donors (Lipinski definition) is 0. The summed E-state index contributed by atoms with van der Waals surface area (Å²) in [7, 11) is 0. The Labute approximate surface area is 126 Å². The second kappa shape index (κ2) is 7.80. The van der Waals surface area contributed by atoms with Crippen LogP contribution >= 0.6 is 0 Å². The highest BCUT2D eigenvalue weighted by atomic mass is 15.2. The number of hydrogen-bond acceptors (Lipinski definition) is 3. The largest absolute Gasteiger partial charge is 0.362 e. The first-order valence-corrected chi connectivity index (χ1v) is 6.87. The van der Waals surface area contributed by atoms with Gasteiger partial charge in [-0.15, -0.1) is 18.3 Å². The molecular formula is C18H19N3. The number of para-hydroxylation sites is 1. The Morgan fingerprint density at radius 3 is 2.10 bits per heavy atom. The van der Waals surface area contributed by atoms with Crippen LogP contribution in [-0.4, -0.2) is 13.1 Å². The SMILES string of the molecule is C=CCN(CC=C)c1ccccc1N=Nc1ccccc1. The second-order valence-corrected chi connectivity index (χ2v) is 4.51. The fourth-order valence-electron chi connectivity index (χ4n) is 2.01. The van der Waals surface area contributed by atoms with E-state index in [0.717, 1.165) is 30.2 Å². The highest BCUT2D eigenvalue weighted by Crippen LogP contribution is 2.29. The molecule has 0 N–H and O–H groups in total. The van der Waals surface area contributed by atoms with Gasteiger partial charge < -0.3 is 4.90 Å². The Morgan fingerprint density at radius 1 is 0.810 bits per heavy atom. The van der Waals surface area contributed by atoms with Gasteiger partial charge in [0.1, 0.15) is 5.69 Å². The van der Waals surface area contributed by atoms with Gasteiger partial charge in [0.2, 0.25) is 0 Å². The van der Waals surface area contributed by atoms with Crippen molar-refractivity contribution in [1.29, 1.82) is 0 Å². The Balaban J connectivity index is 2.29. The summed E-state index contributed by atoms with van der Waals surface area (Å²) in [6, 6.07) is 17.7. The highest BCUT2D eigenvalue weighted by molar-refractivity contribution is 5.67. The molecule has 0 spiro atoms. The van der Waals surface area contributed by atoms with Crippen LogP contribution in [-0.2, 0) is 0 Å².